The predicted octanol–water partition coefficient (Wildman–Crippen LogP) is 5.91. The normalized spacial score (nSPS) is 11.2. The molecule has 0 bridgehead atoms. The molecule has 3 aromatic rings. The van der Waals surface area contributed by atoms with E-state index in [0.717, 1.165) is 16.8 Å². The van der Waals surface area contributed by atoms with Crippen LogP contribution in [0.5, 0.6) is 5.75 Å². The van der Waals surface area contributed by atoms with Gasteiger partial charge < -0.3 is 4.74 Å². The van der Waals surface area contributed by atoms with Crippen LogP contribution >= 0.6 is 23.2 Å². The molecule has 0 amide bonds. The number of benzene rings is 2. The van der Waals surface area contributed by atoms with Gasteiger partial charge in [-0.05, 0) is 43.3 Å². The van der Waals surface area contributed by atoms with Gasteiger partial charge in [0.2, 0.25) is 0 Å². The lowest BCUT2D eigenvalue weighted by molar-refractivity contribution is 0.416. The standard InChI is InChI=1S/C21H18Cl2N4O/c1-14(20-6-4-5-11-25-20)26-27(24-2)16-8-10-18(21(13-16)28-3)17-9-7-15(22)12-19(17)23/h4-13H,2H2,1,3H3/b26-14+. The van der Waals surface area contributed by atoms with Crippen molar-refractivity contribution in [3.8, 4) is 16.9 Å². The molecule has 142 valence electrons. The van der Waals surface area contributed by atoms with E-state index in [-0.39, 0.29) is 0 Å². The van der Waals surface area contributed by atoms with Gasteiger partial charge in [0.05, 0.1) is 29.2 Å². The summed E-state index contributed by atoms with van der Waals surface area (Å²) in [6.07, 6.45) is 1.72. The molecule has 5 nitrogen and oxygen atoms in total. The fraction of sp³-hybridized carbons (Fsp3) is 0.0952. The van der Waals surface area contributed by atoms with Crippen LogP contribution in [0.15, 0.2) is 71.0 Å². The minimum absolute atomic E-state index is 0.543. The highest BCUT2D eigenvalue weighted by molar-refractivity contribution is 6.36. The van der Waals surface area contributed by atoms with Gasteiger partial charge in [-0.2, -0.15) is 15.3 Å². The number of methoxy groups -OCH3 is 1. The number of aromatic nitrogens is 1. The summed E-state index contributed by atoms with van der Waals surface area (Å²) in [5.74, 6) is 0.626. The Labute approximate surface area is 173 Å². The number of hydrogen-bond acceptors (Lipinski definition) is 5. The molecule has 28 heavy (non-hydrogen) atoms. The third-order valence-electron chi connectivity index (χ3n) is 4.05. The molecule has 7 heteroatoms. The fourth-order valence-electron chi connectivity index (χ4n) is 2.68. The van der Waals surface area contributed by atoms with Crippen molar-refractivity contribution in [2.75, 3.05) is 12.2 Å². The van der Waals surface area contributed by atoms with Crippen molar-refractivity contribution in [1.29, 1.82) is 0 Å². The lowest BCUT2D eigenvalue weighted by atomic mass is 10.0. The first kappa shape index (κ1) is 19.9. The van der Waals surface area contributed by atoms with Crippen molar-refractivity contribution in [2.45, 2.75) is 6.92 Å². The van der Waals surface area contributed by atoms with E-state index in [1.807, 2.05) is 49.4 Å². The number of anilines is 1. The van der Waals surface area contributed by atoms with Crippen molar-refractivity contribution >= 4 is 41.3 Å². The van der Waals surface area contributed by atoms with Crippen molar-refractivity contribution in [3.63, 3.8) is 0 Å². The van der Waals surface area contributed by atoms with Crippen molar-refractivity contribution in [1.82, 2.24) is 4.98 Å². The van der Waals surface area contributed by atoms with E-state index in [2.05, 4.69) is 21.9 Å². The maximum atomic E-state index is 6.35. The van der Waals surface area contributed by atoms with E-state index >= 15 is 0 Å². The van der Waals surface area contributed by atoms with Crippen molar-refractivity contribution in [2.24, 2.45) is 10.2 Å². The third-order valence-corrected chi connectivity index (χ3v) is 4.60. The Morgan fingerprint density at radius 3 is 2.50 bits per heavy atom. The molecule has 0 aliphatic heterocycles. The summed E-state index contributed by atoms with van der Waals surface area (Å²) < 4.78 is 5.57. The molecule has 3 rings (SSSR count). The van der Waals surface area contributed by atoms with Crippen LogP contribution in [0.25, 0.3) is 11.1 Å². The maximum Gasteiger partial charge on any atom is 0.128 e. The number of rotatable bonds is 6. The predicted molar refractivity (Wildman–Crippen MR) is 117 cm³/mol. The summed E-state index contributed by atoms with van der Waals surface area (Å²) >= 11 is 12.4. The molecule has 0 aliphatic carbocycles. The molecule has 0 fully saturated rings. The molecular weight excluding hydrogens is 395 g/mol. The average Bonchev–Trinajstić information content (AvgIpc) is 2.72. The summed E-state index contributed by atoms with van der Waals surface area (Å²) in [5.41, 5.74) is 3.81. The zero-order chi connectivity index (χ0) is 20.1. The van der Waals surface area contributed by atoms with Gasteiger partial charge >= 0.3 is 0 Å². The van der Waals surface area contributed by atoms with E-state index in [9.17, 15) is 0 Å². The van der Waals surface area contributed by atoms with Gasteiger partial charge in [0.25, 0.3) is 0 Å². The molecule has 0 saturated carbocycles. The number of nitrogens with zero attached hydrogens (tertiary/aromatic N) is 4. The largest absolute Gasteiger partial charge is 0.496 e. The summed E-state index contributed by atoms with van der Waals surface area (Å²) in [4.78, 5) is 4.29. The first-order valence-corrected chi connectivity index (χ1v) is 9.16. The fourth-order valence-corrected chi connectivity index (χ4v) is 3.19. The van der Waals surface area contributed by atoms with E-state index in [0.29, 0.717) is 27.2 Å². The minimum atomic E-state index is 0.543. The topological polar surface area (TPSA) is 50.1 Å². The Kier molecular flexibility index (Phi) is 6.29. The summed E-state index contributed by atoms with van der Waals surface area (Å²) in [5, 5.41) is 11.0. The minimum Gasteiger partial charge on any atom is -0.496 e. The summed E-state index contributed by atoms with van der Waals surface area (Å²) in [6, 6.07) is 16.6. The first-order valence-electron chi connectivity index (χ1n) is 8.40. The lowest BCUT2D eigenvalue weighted by Crippen LogP contribution is -2.12. The second kappa shape index (κ2) is 8.87. The second-order valence-corrected chi connectivity index (χ2v) is 6.68. The summed E-state index contributed by atoms with van der Waals surface area (Å²) in [6.45, 7) is 5.48. The van der Waals surface area contributed by atoms with Crippen LogP contribution in [-0.4, -0.2) is 24.5 Å². The molecule has 0 radical (unpaired) electrons. The molecule has 0 N–H and O–H groups in total. The van der Waals surface area contributed by atoms with E-state index < -0.39 is 0 Å². The summed E-state index contributed by atoms with van der Waals surface area (Å²) in [7, 11) is 1.60. The number of ether oxygens (including phenoxy) is 1. The number of hydrazone groups is 2. The van der Waals surface area contributed by atoms with Crippen molar-refractivity contribution < 1.29 is 4.74 Å². The third kappa shape index (κ3) is 4.32. The van der Waals surface area contributed by atoms with E-state index in [1.165, 1.54) is 5.12 Å². The lowest BCUT2D eigenvalue weighted by Gasteiger charge is -2.17. The van der Waals surface area contributed by atoms with Gasteiger partial charge in [0.1, 0.15) is 5.75 Å². The number of pyridine rings is 1. The second-order valence-electron chi connectivity index (χ2n) is 5.84. The van der Waals surface area contributed by atoms with Crippen LogP contribution in [0.4, 0.5) is 5.69 Å². The number of halogens is 2. The smallest absolute Gasteiger partial charge is 0.128 e. The van der Waals surface area contributed by atoms with Crippen LogP contribution in [0, 0.1) is 0 Å². The molecule has 0 spiro atoms. The Hall–Kier alpha value is -2.89. The molecule has 0 atom stereocenters. The van der Waals surface area contributed by atoms with Crippen LogP contribution in [0.1, 0.15) is 12.6 Å². The molecule has 1 aromatic heterocycles. The first-order chi connectivity index (χ1) is 13.5. The zero-order valence-electron chi connectivity index (χ0n) is 15.4. The molecule has 1 heterocycles. The average molecular weight is 413 g/mol. The molecular formula is C21H18Cl2N4O. The molecule has 0 saturated heterocycles. The highest BCUT2D eigenvalue weighted by atomic mass is 35.5. The van der Waals surface area contributed by atoms with Crippen molar-refractivity contribution in [3.05, 3.63) is 76.5 Å². The maximum absolute atomic E-state index is 6.35. The molecule has 0 unspecified atom stereocenters. The Morgan fingerprint density at radius 2 is 1.86 bits per heavy atom. The quantitative estimate of drug-likeness (QED) is 0.373. The van der Waals surface area contributed by atoms with E-state index in [4.69, 9.17) is 27.9 Å². The Bertz CT molecular complexity index is 1020. The number of hydrogen-bond donors (Lipinski definition) is 0. The molecule has 2 aromatic carbocycles. The van der Waals surface area contributed by atoms with Gasteiger partial charge in [-0.25, -0.2) is 0 Å². The van der Waals surface area contributed by atoms with Gasteiger partial charge in [0.15, 0.2) is 0 Å². The monoisotopic (exact) mass is 412 g/mol. The van der Waals surface area contributed by atoms with E-state index in [1.54, 1.807) is 25.4 Å². The van der Waals surface area contributed by atoms with Crippen LogP contribution in [0.2, 0.25) is 10.0 Å². The van der Waals surface area contributed by atoms with Gasteiger partial charge in [-0.1, -0.05) is 35.3 Å². The highest BCUT2D eigenvalue weighted by Gasteiger charge is 2.14. The van der Waals surface area contributed by atoms with Gasteiger partial charge in [-0.3, -0.25) is 4.98 Å². The zero-order valence-corrected chi connectivity index (χ0v) is 16.9. The SMILES string of the molecule is C=NN(/N=C(\C)c1ccccn1)c1ccc(-c2ccc(Cl)cc2Cl)c(OC)c1. The Morgan fingerprint density at radius 1 is 1.07 bits per heavy atom. The van der Waals surface area contributed by atoms with Crippen LogP contribution < -0.4 is 9.85 Å². The van der Waals surface area contributed by atoms with Gasteiger partial charge in [-0.15, -0.1) is 0 Å². The Balaban J connectivity index is 1.99. The highest BCUT2D eigenvalue weighted by Crippen LogP contribution is 2.38. The van der Waals surface area contributed by atoms with Crippen LogP contribution in [0.3, 0.4) is 0 Å². The van der Waals surface area contributed by atoms with Crippen LogP contribution in [-0.2, 0) is 0 Å². The van der Waals surface area contributed by atoms with Gasteiger partial charge in [0, 0.05) is 35.1 Å². The molecule has 0 aliphatic rings.